The molecule has 2 heterocycles. The Hall–Kier alpha value is -2.20. The molecule has 0 N–H and O–H groups in total. The van der Waals surface area contributed by atoms with Crippen LogP contribution in [0.25, 0.3) is 27.0 Å². The molecule has 0 saturated heterocycles. The van der Waals surface area contributed by atoms with Gasteiger partial charge in [0.25, 0.3) is 0 Å². The van der Waals surface area contributed by atoms with Gasteiger partial charge in [0.2, 0.25) is 4.96 Å². The molecule has 0 fully saturated rings. The van der Waals surface area contributed by atoms with Crippen LogP contribution in [0, 0.1) is 0 Å². The fourth-order valence-corrected chi connectivity index (χ4v) is 2.78. The molecular formula is C14H9N3S. The predicted octanol–water partition coefficient (Wildman–Crippen LogP) is 3.61. The number of rotatable bonds is 1. The van der Waals surface area contributed by atoms with Gasteiger partial charge in [-0.2, -0.15) is 5.10 Å². The van der Waals surface area contributed by atoms with E-state index in [1.165, 1.54) is 10.8 Å². The number of nitrogens with zero attached hydrogens (tertiary/aromatic N) is 3. The summed E-state index contributed by atoms with van der Waals surface area (Å²) in [6.07, 6.45) is 1.88. The standard InChI is InChI=1S/C14H9N3S/c1-2-4-11-7-12(6-5-10(11)3-1)13-8-15-14-17(13)16-9-18-14/h1-9H. The normalized spacial score (nSPS) is 11.3. The minimum Gasteiger partial charge on any atom is -0.225 e. The molecule has 0 unspecified atom stereocenters. The summed E-state index contributed by atoms with van der Waals surface area (Å²) in [5.41, 5.74) is 4.00. The Labute approximate surface area is 107 Å². The lowest BCUT2D eigenvalue weighted by molar-refractivity contribution is 0.981. The number of aromatic nitrogens is 3. The Morgan fingerprint density at radius 3 is 2.83 bits per heavy atom. The lowest BCUT2D eigenvalue weighted by atomic mass is 10.1. The van der Waals surface area contributed by atoms with E-state index < -0.39 is 0 Å². The third kappa shape index (κ3) is 1.36. The molecule has 2 aromatic heterocycles. The highest BCUT2D eigenvalue weighted by Gasteiger charge is 2.08. The summed E-state index contributed by atoms with van der Waals surface area (Å²) in [5.74, 6) is 0. The van der Waals surface area contributed by atoms with Gasteiger partial charge in [-0.3, -0.25) is 0 Å². The van der Waals surface area contributed by atoms with Gasteiger partial charge < -0.3 is 0 Å². The summed E-state index contributed by atoms with van der Waals surface area (Å²) in [6.45, 7) is 0. The van der Waals surface area contributed by atoms with Gasteiger partial charge in [0.15, 0.2) is 0 Å². The van der Waals surface area contributed by atoms with E-state index in [0.717, 1.165) is 16.2 Å². The van der Waals surface area contributed by atoms with Crippen molar-refractivity contribution in [3.05, 3.63) is 54.2 Å². The Bertz CT molecular complexity index is 844. The Morgan fingerprint density at radius 2 is 1.89 bits per heavy atom. The van der Waals surface area contributed by atoms with Gasteiger partial charge in [-0.05, 0) is 16.8 Å². The molecule has 4 rings (SSSR count). The van der Waals surface area contributed by atoms with Crippen molar-refractivity contribution in [2.45, 2.75) is 0 Å². The molecule has 0 aliphatic rings. The van der Waals surface area contributed by atoms with Crippen LogP contribution in [0.2, 0.25) is 0 Å². The monoisotopic (exact) mass is 251 g/mol. The van der Waals surface area contributed by atoms with Crippen LogP contribution in [-0.2, 0) is 0 Å². The van der Waals surface area contributed by atoms with Crippen LogP contribution in [0.15, 0.2) is 54.2 Å². The first-order valence-corrected chi connectivity index (χ1v) is 6.56. The lowest BCUT2D eigenvalue weighted by Gasteiger charge is -2.01. The molecule has 0 atom stereocenters. The molecule has 3 nitrogen and oxygen atoms in total. The van der Waals surface area contributed by atoms with Crippen molar-refractivity contribution in [1.29, 1.82) is 0 Å². The van der Waals surface area contributed by atoms with Crippen molar-refractivity contribution in [1.82, 2.24) is 14.6 Å². The summed E-state index contributed by atoms with van der Waals surface area (Å²) in [5, 5.41) is 6.79. The molecule has 0 saturated carbocycles. The van der Waals surface area contributed by atoms with Gasteiger partial charge in [-0.1, -0.05) is 47.7 Å². The molecule has 0 amide bonds. The van der Waals surface area contributed by atoms with Crippen molar-refractivity contribution in [3.63, 3.8) is 0 Å². The molecule has 0 aliphatic heterocycles. The maximum Gasteiger partial charge on any atom is 0.212 e. The Morgan fingerprint density at radius 1 is 1.00 bits per heavy atom. The van der Waals surface area contributed by atoms with E-state index in [-0.39, 0.29) is 0 Å². The fraction of sp³-hybridized carbons (Fsp3) is 0. The van der Waals surface area contributed by atoms with Gasteiger partial charge in [-0.25, -0.2) is 9.50 Å². The summed E-state index contributed by atoms with van der Waals surface area (Å²) >= 11 is 1.55. The minimum atomic E-state index is 0.929. The molecule has 0 aliphatic carbocycles. The number of benzene rings is 2. The second kappa shape index (κ2) is 3.65. The van der Waals surface area contributed by atoms with E-state index in [0.29, 0.717) is 0 Å². The highest BCUT2D eigenvalue weighted by atomic mass is 32.1. The zero-order valence-electron chi connectivity index (χ0n) is 9.45. The molecule has 0 spiro atoms. The van der Waals surface area contributed by atoms with E-state index >= 15 is 0 Å². The van der Waals surface area contributed by atoms with Crippen molar-refractivity contribution in [2.75, 3.05) is 0 Å². The summed E-state index contributed by atoms with van der Waals surface area (Å²) in [6, 6.07) is 14.8. The maximum atomic E-state index is 4.35. The number of fused-ring (bicyclic) bond motifs is 2. The molecule has 0 bridgehead atoms. The quantitative estimate of drug-likeness (QED) is 0.517. The summed E-state index contributed by atoms with van der Waals surface area (Å²) in [4.78, 5) is 5.28. The van der Waals surface area contributed by atoms with Crippen LogP contribution >= 0.6 is 11.3 Å². The molecule has 86 valence electrons. The molecule has 18 heavy (non-hydrogen) atoms. The second-order valence-corrected chi connectivity index (χ2v) is 4.95. The molecule has 4 aromatic rings. The van der Waals surface area contributed by atoms with Gasteiger partial charge in [0.05, 0.1) is 11.9 Å². The first-order chi connectivity index (χ1) is 8.92. The Kier molecular flexibility index (Phi) is 1.98. The highest BCUT2D eigenvalue weighted by molar-refractivity contribution is 7.14. The summed E-state index contributed by atoms with van der Waals surface area (Å²) in [7, 11) is 0. The van der Waals surface area contributed by atoms with Crippen molar-refractivity contribution >= 4 is 27.1 Å². The predicted molar refractivity (Wildman–Crippen MR) is 73.8 cm³/mol. The lowest BCUT2D eigenvalue weighted by Crippen LogP contribution is -1.87. The van der Waals surface area contributed by atoms with Crippen molar-refractivity contribution < 1.29 is 0 Å². The molecule has 2 aromatic carbocycles. The van der Waals surface area contributed by atoms with Crippen LogP contribution in [0.3, 0.4) is 0 Å². The highest BCUT2D eigenvalue weighted by Crippen LogP contribution is 2.25. The zero-order valence-corrected chi connectivity index (χ0v) is 10.3. The second-order valence-electron chi connectivity index (χ2n) is 4.14. The van der Waals surface area contributed by atoms with Gasteiger partial charge in [-0.15, -0.1) is 0 Å². The third-order valence-corrected chi connectivity index (χ3v) is 3.76. The van der Waals surface area contributed by atoms with Crippen molar-refractivity contribution in [3.8, 4) is 11.3 Å². The largest absolute Gasteiger partial charge is 0.225 e. The van der Waals surface area contributed by atoms with Crippen LogP contribution in [0.5, 0.6) is 0 Å². The maximum absolute atomic E-state index is 4.35. The molecule has 4 heteroatoms. The SMILES string of the molecule is c1ccc2cc(-c3cnc4scnn34)ccc2c1. The van der Waals surface area contributed by atoms with Crippen LogP contribution in [0.4, 0.5) is 0 Å². The first kappa shape index (κ1) is 9.79. The van der Waals surface area contributed by atoms with E-state index in [1.807, 2.05) is 16.2 Å². The van der Waals surface area contributed by atoms with Crippen LogP contribution < -0.4 is 0 Å². The van der Waals surface area contributed by atoms with E-state index in [1.54, 1.807) is 11.3 Å². The molecule has 0 radical (unpaired) electrons. The van der Waals surface area contributed by atoms with Crippen LogP contribution in [-0.4, -0.2) is 14.6 Å². The third-order valence-electron chi connectivity index (χ3n) is 3.07. The fourth-order valence-electron chi connectivity index (χ4n) is 2.18. The zero-order chi connectivity index (χ0) is 11.9. The van der Waals surface area contributed by atoms with Gasteiger partial charge in [0.1, 0.15) is 5.51 Å². The number of hydrogen-bond acceptors (Lipinski definition) is 3. The topological polar surface area (TPSA) is 30.2 Å². The van der Waals surface area contributed by atoms with Crippen LogP contribution in [0.1, 0.15) is 0 Å². The average Bonchev–Trinajstić information content (AvgIpc) is 3.00. The Balaban J connectivity index is 1.99. The number of hydrogen-bond donors (Lipinski definition) is 0. The smallest absolute Gasteiger partial charge is 0.212 e. The average molecular weight is 251 g/mol. The van der Waals surface area contributed by atoms with E-state index in [9.17, 15) is 0 Å². The minimum absolute atomic E-state index is 0.929. The first-order valence-electron chi connectivity index (χ1n) is 5.68. The number of imidazole rings is 1. The van der Waals surface area contributed by atoms with Gasteiger partial charge in [0, 0.05) is 5.56 Å². The van der Waals surface area contributed by atoms with E-state index in [4.69, 9.17) is 0 Å². The van der Waals surface area contributed by atoms with Crippen molar-refractivity contribution in [2.24, 2.45) is 0 Å². The van der Waals surface area contributed by atoms with Gasteiger partial charge >= 0.3 is 0 Å². The van der Waals surface area contributed by atoms with E-state index in [2.05, 4.69) is 52.5 Å². The molecular weight excluding hydrogens is 242 g/mol. The summed E-state index contributed by atoms with van der Waals surface area (Å²) < 4.78 is 1.88.